The van der Waals surface area contributed by atoms with Crippen molar-refractivity contribution >= 4 is 21.7 Å². The van der Waals surface area contributed by atoms with E-state index in [1.165, 1.54) is 43.7 Å². The predicted octanol–water partition coefficient (Wildman–Crippen LogP) is 2.96. The predicted molar refractivity (Wildman–Crippen MR) is 113 cm³/mol. The maximum Gasteiger partial charge on any atom is 0.421 e. The smallest absolute Gasteiger partial charge is 0.392 e. The van der Waals surface area contributed by atoms with Crippen LogP contribution in [0.3, 0.4) is 0 Å². The summed E-state index contributed by atoms with van der Waals surface area (Å²) in [6.45, 7) is 0. The highest BCUT2D eigenvalue weighted by atomic mass is 32.2. The molecule has 1 fully saturated rings. The highest BCUT2D eigenvalue weighted by molar-refractivity contribution is 7.89. The van der Waals surface area contributed by atoms with Crippen LogP contribution in [0.1, 0.15) is 36.3 Å². The number of aliphatic hydroxyl groups is 1. The van der Waals surface area contributed by atoms with Crippen molar-refractivity contribution in [1.29, 1.82) is 0 Å². The summed E-state index contributed by atoms with van der Waals surface area (Å²) >= 11 is 0. The number of hydrogen-bond acceptors (Lipinski definition) is 7. The second kappa shape index (κ2) is 8.72. The number of sulfonamides is 1. The van der Waals surface area contributed by atoms with Crippen LogP contribution in [0, 0.1) is 0 Å². The topological polar surface area (TPSA) is 122 Å². The molecule has 2 heterocycles. The number of aromatic nitrogens is 4. The average molecular weight is 482 g/mol. The Kier molecular flexibility index (Phi) is 6.12. The third-order valence-corrected chi connectivity index (χ3v) is 6.92. The number of rotatable bonds is 6. The molecule has 0 unspecified atom stereocenters. The van der Waals surface area contributed by atoms with Crippen molar-refractivity contribution in [2.45, 2.75) is 42.4 Å². The fourth-order valence-electron chi connectivity index (χ4n) is 3.75. The van der Waals surface area contributed by atoms with E-state index in [0.717, 1.165) is 17.5 Å². The van der Waals surface area contributed by atoms with Gasteiger partial charge in [-0.3, -0.25) is 0 Å². The van der Waals surface area contributed by atoms with Crippen LogP contribution in [0.25, 0.3) is 5.82 Å². The van der Waals surface area contributed by atoms with Gasteiger partial charge < -0.3 is 10.4 Å². The van der Waals surface area contributed by atoms with Crippen molar-refractivity contribution in [1.82, 2.24) is 24.5 Å². The van der Waals surface area contributed by atoms with Gasteiger partial charge in [-0.25, -0.2) is 22.8 Å². The first-order valence-corrected chi connectivity index (χ1v) is 11.5. The second-order valence-electron chi connectivity index (χ2n) is 7.61. The normalized spacial score (nSPS) is 19.1. The lowest BCUT2D eigenvalue weighted by Gasteiger charge is -2.14. The highest BCUT2D eigenvalue weighted by Crippen LogP contribution is 2.36. The Labute approximate surface area is 187 Å². The van der Waals surface area contributed by atoms with Crippen molar-refractivity contribution in [2.75, 3.05) is 12.4 Å². The molecular weight excluding hydrogens is 461 g/mol. The molecule has 0 aliphatic heterocycles. The maximum atomic E-state index is 13.6. The zero-order valence-corrected chi connectivity index (χ0v) is 18.2. The van der Waals surface area contributed by atoms with Gasteiger partial charge in [0.25, 0.3) is 0 Å². The molecule has 176 valence electrons. The zero-order chi connectivity index (χ0) is 23.8. The molecule has 3 N–H and O–H groups in total. The van der Waals surface area contributed by atoms with Gasteiger partial charge in [0.05, 0.1) is 17.2 Å². The number of anilines is 2. The standard InChI is InChI=1S/C20H21F3N6O3S/c1-24-33(31,32)14-7-5-13(6-8-14)27-19-25-10-16(20(21,22)23)18(28-19)29-11-12(9-26-29)15-3-2-4-17(15)30/h5-11,15,17,24,30H,2-4H2,1H3,(H,25,27,28)/t15-,17-/m0/s1. The van der Waals surface area contributed by atoms with E-state index in [1.54, 1.807) is 0 Å². The lowest BCUT2D eigenvalue weighted by Crippen LogP contribution is -2.18. The Morgan fingerprint density at radius 1 is 1.15 bits per heavy atom. The van der Waals surface area contributed by atoms with Gasteiger partial charge >= 0.3 is 6.18 Å². The van der Waals surface area contributed by atoms with E-state index in [4.69, 9.17) is 0 Å². The summed E-state index contributed by atoms with van der Waals surface area (Å²) < 4.78 is 67.7. The molecule has 0 bridgehead atoms. The Morgan fingerprint density at radius 3 is 2.48 bits per heavy atom. The summed E-state index contributed by atoms with van der Waals surface area (Å²) in [5, 5.41) is 16.9. The van der Waals surface area contributed by atoms with Gasteiger partial charge in [-0.2, -0.15) is 23.3 Å². The quantitative estimate of drug-likeness (QED) is 0.494. The van der Waals surface area contributed by atoms with Gasteiger partial charge in [0.2, 0.25) is 16.0 Å². The number of halogens is 3. The Morgan fingerprint density at radius 2 is 1.88 bits per heavy atom. The van der Waals surface area contributed by atoms with Gasteiger partial charge in [-0.05, 0) is 49.7 Å². The number of alkyl halides is 3. The number of nitrogens with zero attached hydrogens (tertiary/aromatic N) is 4. The second-order valence-corrected chi connectivity index (χ2v) is 9.50. The molecule has 1 saturated carbocycles. The van der Waals surface area contributed by atoms with Crippen LogP contribution >= 0.6 is 0 Å². The van der Waals surface area contributed by atoms with E-state index in [0.29, 0.717) is 23.9 Å². The summed E-state index contributed by atoms with van der Waals surface area (Å²) in [5.74, 6) is -0.770. The van der Waals surface area contributed by atoms with E-state index in [-0.39, 0.29) is 16.8 Å². The minimum absolute atomic E-state index is 0.0303. The number of benzene rings is 1. The van der Waals surface area contributed by atoms with Gasteiger partial charge in [0, 0.05) is 24.0 Å². The first-order chi connectivity index (χ1) is 15.6. The number of hydrogen-bond donors (Lipinski definition) is 3. The summed E-state index contributed by atoms with van der Waals surface area (Å²) in [6, 6.07) is 5.56. The fourth-order valence-corrected chi connectivity index (χ4v) is 4.48. The summed E-state index contributed by atoms with van der Waals surface area (Å²) in [7, 11) is -2.34. The lowest BCUT2D eigenvalue weighted by molar-refractivity contribution is -0.138. The average Bonchev–Trinajstić information content (AvgIpc) is 3.42. The number of nitrogens with one attached hydrogen (secondary N) is 2. The van der Waals surface area contributed by atoms with E-state index >= 15 is 0 Å². The molecule has 2 atom stereocenters. The third kappa shape index (κ3) is 4.84. The van der Waals surface area contributed by atoms with Crippen molar-refractivity contribution in [2.24, 2.45) is 0 Å². The van der Waals surface area contributed by atoms with Crippen LogP contribution in [0.5, 0.6) is 0 Å². The van der Waals surface area contributed by atoms with Crippen molar-refractivity contribution in [3.63, 3.8) is 0 Å². The van der Waals surface area contributed by atoms with Crippen LogP contribution in [0.4, 0.5) is 24.8 Å². The summed E-state index contributed by atoms with van der Waals surface area (Å²) in [4.78, 5) is 7.80. The minimum atomic E-state index is -4.71. The molecule has 1 aliphatic carbocycles. The molecule has 2 aromatic heterocycles. The van der Waals surface area contributed by atoms with Crippen molar-refractivity contribution in [3.05, 3.63) is 54.0 Å². The Balaban J connectivity index is 1.66. The first-order valence-electron chi connectivity index (χ1n) is 10.1. The summed E-state index contributed by atoms with van der Waals surface area (Å²) in [5.41, 5.74) is -0.0429. The third-order valence-electron chi connectivity index (χ3n) is 5.49. The first kappa shape index (κ1) is 23.1. The van der Waals surface area contributed by atoms with E-state index < -0.39 is 33.7 Å². The van der Waals surface area contributed by atoms with Gasteiger partial charge in [-0.15, -0.1) is 0 Å². The van der Waals surface area contributed by atoms with Crippen LogP contribution < -0.4 is 10.0 Å². The molecule has 3 aromatic rings. The largest absolute Gasteiger partial charge is 0.421 e. The molecule has 1 aliphatic rings. The van der Waals surface area contributed by atoms with E-state index in [1.807, 2.05) is 0 Å². The molecule has 33 heavy (non-hydrogen) atoms. The van der Waals surface area contributed by atoms with Gasteiger partial charge in [0.15, 0.2) is 5.82 Å². The SMILES string of the molecule is CNS(=O)(=O)c1ccc(Nc2ncc(C(F)(F)F)c(-n3cc([C@@H]4CCC[C@@H]4O)cn3)n2)cc1. The molecule has 9 nitrogen and oxygen atoms in total. The van der Waals surface area contributed by atoms with Crippen LogP contribution in [0.2, 0.25) is 0 Å². The Bertz CT molecular complexity index is 1240. The fraction of sp³-hybridized carbons (Fsp3) is 0.350. The van der Waals surface area contributed by atoms with E-state index in [2.05, 4.69) is 25.1 Å². The monoisotopic (exact) mass is 482 g/mol. The molecule has 0 spiro atoms. The van der Waals surface area contributed by atoms with Crippen molar-refractivity contribution < 1.29 is 26.7 Å². The van der Waals surface area contributed by atoms with Crippen molar-refractivity contribution in [3.8, 4) is 5.82 Å². The van der Waals surface area contributed by atoms with Crippen LogP contribution in [0.15, 0.2) is 47.8 Å². The summed E-state index contributed by atoms with van der Waals surface area (Å²) in [6.07, 6.45) is 0.483. The van der Waals surface area contributed by atoms with Crippen LogP contribution in [-0.4, -0.2) is 46.4 Å². The van der Waals surface area contributed by atoms with E-state index in [9.17, 15) is 26.7 Å². The number of aliphatic hydroxyl groups excluding tert-OH is 1. The molecular formula is C20H21F3N6O3S. The maximum absolute atomic E-state index is 13.6. The Hall–Kier alpha value is -3.03. The van der Waals surface area contributed by atoms with Crippen LogP contribution in [-0.2, 0) is 16.2 Å². The molecule has 0 saturated heterocycles. The van der Waals surface area contributed by atoms with Gasteiger partial charge in [-0.1, -0.05) is 6.42 Å². The van der Waals surface area contributed by atoms with Gasteiger partial charge in [0.1, 0.15) is 5.56 Å². The highest BCUT2D eigenvalue weighted by Gasteiger charge is 2.36. The molecule has 4 rings (SSSR count). The lowest BCUT2D eigenvalue weighted by atomic mass is 9.99. The molecule has 0 radical (unpaired) electrons. The molecule has 13 heteroatoms. The molecule has 1 aromatic carbocycles. The zero-order valence-electron chi connectivity index (χ0n) is 17.4. The minimum Gasteiger partial charge on any atom is -0.392 e. The molecule has 0 amide bonds.